The van der Waals surface area contributed by atoms with Gasteiger partial charge >= 0.3 is 0 Å². The number of rotatable bonds is 6. The molecule has 0 saturated carbocycles. The van der Waals surface area contributed by atoms with Gasteiger partial charge in [0.15, 0.2) is 0 Å². The van der Waals surface area contributed by atoms with E-state index in [1.807, 2.05) is 7.05 Å². The van der Waals surface area contributed by atoms with Gasteiger partial charge in [0.05, 0.1) is 12.6 Å². The van der Waals surface area contributed by atoms with Crippen molar-refractivity contribution in [3.05, 3.63) is 30.0 Å². The first-order chi connectivity index (χ1) is 9.19. The molecule has 0 aliphatic carbocycles. The normalized spacial score (nSPS) is 11.4. The van der Waals surface area contributed by atoms with Crippen molar-refractivity contribution in [1.82, 2.24) is 9.88 Å². The van der Waals surface area contributed by atoms with Crippen molar-refractivity contribution >= 4 is 10.9 Å². The first-order valence-corrected chi connectivity index (χ1v) is 7.00. The number of hydrogen-bond donors (Lipinski definition) is 1. The number of hydrogen-bond acceptors (Lipinski definition) is 2. The Balaban J connectivity index is 2.49. The summed E-state index contributed by atoms with van der Waals surface area (Å²) in [5.41, 5.74) is 2.66. The van der Waals surface area contributed by atoms with Gasteiger partial charge < -0.3 is 14.6 Å². The highest BCUT2D eigenvalue weighted by Crippen LogP contribution is 2.32. The van der Waals surface area contributed by atoms with Crippen LogP contribution in [0, 0.1) is 0 Å². The van der Waals surface area contributed by atoms with Crippen LogP contribution >= 0.6 is 0 Å². The predicted molar refractivity (Wildman–Crippen MR) is 81.1 cm³/mol. The van der Waals surface area contributed by atoms with Crippen LogP contribution in [-0.4, -0.2) is 25.3 Å². The molecule has 3 heteroatoms. The molecule has 2 aromatic rings. The second-order valence-electron chi connectivity index (χ2n) is 5.22. The minimum absolute atomic E-state index is 0.465. The first kappa shape index (κ1) is 13.9. The fourth-order valence-corrected chi connectivity index (χ4v) is 2.60. The van der Waals surface area contributed by atoms with E-state index in [-0.39, 0.29) is 0 Å². The Bertz CT molecular complexity index is 543. The van der Waals surface area contributed by atoms with Crippen LogP contribution in [0.2, 0.25) is 0 Å². The van der Waals surface area contributed by atoms with Crippen LogP contribution < -0.4 is 10.1 Å². The fourth-order valence-electron chi connectivity index (χ4n) is 2.60. The van der Waals surface area contributed by atoms with Crippen molar-refractivity contribution in [3.8, 4) is 5.75 Å². The van der Waals surface area contributed by atoms with E-state index in [0.29, 0.717) is 6.04 Å². The Morgan fingerprint density at radius 3 is 2.74 bits per heavy atom. The van der Waals surface area contributed by atoms with Gasteiger partial charge in [0, 0.05) is 17.6 Å². The molecule has 0 amide bonds. The van der Waals surface area contributed by atoms with Crippen molar-refractivity contribution in [2.75, 3.05) is 20.7 Å². The maximum atomic E-state index is 5.54. The molecule has 1 N–H and O–H groups in total. The maximum absolute atomic E-state index is 5.54. The molecule has 19 heavy (non-hydrogen) atoms. The quantitative estimate of drug-likeness (QED) is 0.806. The van der Waals surface area contributed by atoms with Crippen LogP contribution in [0.1, 0.15) is 31.9 Å². The number of aryl methyl sites for hydroxylation is 1. The van der Waals surface area contributed by atoms with Crippen LogP contribution in [0.5, 0.6) is 5.75 Å². The van der Waals surface area contributed by atoms with Crippen LogP contribution in [0.4, 0.5) is 0 Å². The van der Waals surface area contributed by atoms with E-state index in [1.54, 1.807) is 7.11 Å². The summed E-state index contributed by atoms with van der Waals surface area (Å²) >= 11 is 0. The molecule has 3 nitrogen and oxygen atoms in total. The van der Waals surface area contributed by atoms with Gasteiger partial charge in [-0.2, -0.15) is 0 Å². The monoisotopic (exact) mass is 260 g/mol. The summed E-state index contributed by atoms with van der Waals surface area (Å²) < 4.78 is 7.88. The lowest BCUT2D eigenvalue weighted by Crippen LogP contribution is -2.08. The minimum Gasteiger partial charge on any atom is -0.496 e. The molecule has 1 aromatic heterocycles. The van der Waals surface area contributed by atoms with E-state index in [1.165, 1.54) is 16.5 Å². The van der Waals surface area contributed by atoms with Gasteiger partial charge in [0.2, 0.25) is 0 Å². The van der Waals surface area contributed by atoms with E-state index in [9.17, 15) is 0 Å². The molecule has 0 bridgehead atoms. The molecule has 0 atom stereocenters. The first-order valence-electron chi connectivity index (χ1n) is 7.00. The molecule has 0 saturated heterocycles. The topological polar surface area (TPSA) is 26.2 Å². The van der Waals surface area contributed by atoms with Crippen LogP contribution in [0.25, 0.3) is 10.9 Å². The van der Waals surface area contributed by atoms with Crippen LogP contribution in [0.3, 0.4) is 0 Å². The van der Waals surface area contributed by atoms with Gasteiger partial charge in [0.1, 0.15) is 5.75 Å². The average molecular weight is 260 g/mol. The highest BCUT2D eigenvalue weighted by molar-refractivity contribution is 5.90. The zero-order chi connectivity index (χ0) is 13.8. The highest BCUT2D eigenvalue weighted by Gasteiger charge is 2.13. The molecule has 0 radical (unpaired) electrons. The Morgan fingerprint density at radius 1 is 1.32 bits per heavy atom. The van der Waals surface area contributed by atoms with Crippen molar-refractivity contribution in [1.29, 1.82) is 0 Å². The lowest BCUT2D eigenvalue weighted by Gasteiger charge is -2.09. The molecule has 0 aliphatic heterocycles. The number of methoxy groups -OCH3 is 1. The van der Waals surface area contributed by atoms with Gasteiger partial charge in [-0.15, -0.1) is 0 Å². The standard InChI is InChI=1S/C16H24N2O/c1-12(2)18-11-13(7-6-10-17-3)16-14(18)8-5-9-15(16)19-4/h5,8-9,11-12,17H,6-7,10H2,1-4H3. The minimum atomic E-state index is 0.465. The third-order valence-corrected chi connectivity index (χ3v) is 3.55. The fraction of sp³-hybridized carbons (Fsp3) is 0.500. The van der Waals surface area contributed by atoms with E-state index >= 15 is 0 Å². The second-order valence-corrected chi connectivity index (χ2v) is 5.22. The number of nitrogens with zero attached hydrogens (tertiary/aromatic N) is 1. The van der Waals surface area contributed by atoms with Gasteiger partial charge in [-0.1, -0.05) is 6.07 Å². The number of aromatic nitrogens is 1. The highest BCUT2D eigenvalue weighted by atomic mass is 16.5. The summed E-state index contributed by atoms with van der Waals surface area (Å²) in [4.78, 5) is 0. The van der Waals surface area contributed by atoms with Crippen molar-refractivity contribution in [2.45, 2.75) is 32.7 Å². The Labute approximate surface area is 115 Å². The molecular formula is C16H24N2O. The van der Waals surface area contributed by atoms with Gasteiger partial charge in [0.25, 0.3) is 0 Å². The van der Waals surface area contributed by atoms with Crippen LogP contribution in [-0.2, 0) is 6.42 Å². The van der Waals surface area contributed by atoms with Gasteiger partial charge in [-0.05, 0) is 58.0 Å². The average Bonchev–Trinajstić information content (AvgIpc) is 2.78. The lowest BCUT2D eigenvalue weighted by molar-refractivity contribution is 0.419. The predicted octanol–water partition coefficient (Wildman–Crippen LogP) is 3.38. The second kappa shape index (κ2) is 6.11. The summed E-state index contributed by atoms with van der Waals surface area (Å²) in [6.07, 6.45) is 4.51. The summed E-state index contributed by atoms with van der Waals surface area (Å²) in [6.45, 7) is 5.48. The Kier molecular flexibility index (Phi) is 4.48. The molecule has 1 heterocycles. The molecule has 0 spiro atoms. The molecule has 2 rings (SSSR count). The van der Waals surface area contributed by atoms with Crippen LogP contribution in [0.15, 0.2) is 24.4 Å². The smallest absolute Gasteiger partial charge is 0.128 e. The molecular weight excluding hydrogens is 236 g/mol. The Hall–Kier alpha value is -1.48. The maximum Gasteiger partial charge on any atom is 0.128 e. The largest absolute Gasteiger partial charge is 0.496 e. The van der Waals surface area contributed by atoms with E-state index in [2.05, 4.69) is 48.1 Å². The van der Waals surface area contributed by atoms with E-state index in [4.69, 9.17) is 4.74 Å². The summed E-state index contributed by atoms with van der Waals surface area (Å²) in [6, 6.07) is 6.76. The van der Waals surface area contributed by atoms with E-state index in [0.717, 1.165) is 25.1 Å². The van der Waals surface area contributed by atoms with Crippen molar-refractivity contribution < 1.29 is 4.74 Å². The molecule has 104 valence electrons. The van der Waals surface area contributed by atoms with Gasteiger partial charge in [-0.25, -0.2) is 0 Å². The molecule has 0 aliphatic rings. The third-order valence-electron chi connectivity index (χ3n) is 3.55. The van der Waals surface area contributed by atoms with Crippen molar-refractivity contribution in [2.24, 2.45) is 0 Å². The lowest BCUT2D eigenvalue weighted by atomic mass is 10.1. The Morgan fingerprint density at radius 2 is 2.11 bits per heavy atom. The third kappa shape index (κ3) is 2.76. The number of ether oxygens (including phenoxy) is 1. The van der Waals surface area contributed by atoms with Gasteiger partial charge in [-0.3, -0.25) is 0 Å². The molecule has 0 fully saturated rings. The van der Waals surface area contributed by atoms with Crippen molar-refractivity contribution in [3.63, 3.8) is 0 Å². The summed E-state index contributed by atoms with van der Waals surface area (Å²) in [5.74, 6) is 0.983. The molecule has 1 aromatic carbocycles. The number of fused-ring (bicyclic) bond motifs is 1. The SMILES string of the molecule is CNCCCc1cn(C(C)C)c2cccc(OC)c12. The zero-order valence-corrected chi connectivity index (χ0v) is 12.4. The zero-order valence-electron chi connectivity index (χ0n) is 12.4. The number of nitrogens with one attached hydrogen (secondary N) is 1. The number of benzene rings is 1. The summed E-state index contributed by atoms with van der Waals surface area (Å²) in [5, 5.41) is 4.48. The summed E-state index contributed by atoms with van der Waals surface area (Å²) in [7, 11) is 3.75. The molecule has 0 unspecified atom stereocenters. The van der Waals surface area contributed by atoms with E-state index < -0.39 is 0 Å².